The molecule has 2 aromatic heterocycles. The molecule has 4 aromatic rings. The highest BCUT2D eigenvalue weighted by Crippen LogP contribution is 2.34. The third-order valence-electron chi connectivity index (χ3n) is 5.32. The Bertz CT molecular complexity index is 1200. The van der Waals surface area contributed by atoms with E-state index in [-0.39, 0.29) is 6.61 Å². The molecule has 0 spiro atoms. The summed E-state index contributed by atoms with van der Waals surface area (Å²) in [5, 5.41) is 14.0. The van der Waals surface area contributed by atoms with Crippen LogP contribution in [0.3, 0.4) is 0 Å². The predicted molar refractivity (Wildman–Crippen MR) is 120 cm³/mol. The smallest absolute Gasteiger partial charge is 0.124 e. The first-order chi connectivity index (χ1) is 15.0. The van der Waals surface area contributed by atoms with Crippen molar-refractivity contribution in [3.05, 3.63) is 54.5 Å². The largest absolute Gasteiger partial charge is 0.497 e. The third kappa shape index (κ3) is 4.02. The summed E-state index contributed by atoms with van der Waals surface area (Å²) in [5.41, 5.74) is 6.02. The van der Waals surface area contributed by atoms with E-state index in [9.17, 15) is 5.11 Å². The van der Waals surface area contributed by atoms with Crippen molar-refractivity contribution in [1.82, 2.24) is 19.7 Å². The molecule has 2 heterocycles. The van der Waals surface area contributed by atoms with Crippen LogP contribution < -0.4 is 14.4 Å². The number of fused-ring (bicyclic) bond motifs is 1. The van der Waals surface area contributed by atoms with E-state index in [0.717, 1.165) is 39.4 Å². The van der Waals surface area contributed by atoms with Crippen molar-refractivity contribution in [2.24, 2.45) is 7.05 Å². The van der Waals surface area contributed by atoms with Crippen LogP contribution in [0, 0.1) is 6.92 Å². The molecule has 8 nitrogen and oxygen atoms in total. The van der Waals surface area contributed by atoms with Crippen molar-refractivity contribution in [3.8, 4) is 22.8 Å². The normalized spacial score (nSPS) is 11.0. The molecule has 0 bridgehead atoms. The number of aromatic nitrogens is 4. The zero-order valence-electron chi connectivity index (χ0n) is 18.0. The molecule has 31 heavy (non-hydrogen) atoms. The molecule has 0 fully saturated rings. The second-order valence-corrected chi connectivity index (χ2v) is 7.14. The molecule has 1 N–H and O–H groups in total. The molecule has 0 saturated carbocycles. The first-order valence-corrected chi connectivity index (χ1v) is 9.91. The maximum absolute atomic E-state index is 9.71. The van der Waals surface area contributed by atoms with Crippen LogP contribution in [-0.4, -0.2) is 52.2 Å². The number of ether oxygens (including phenoxy) is 2. The maximum Gasteiger partial charge on any atom is 0.124 e. The lowest BCUT2D eigenvalue weighted by molar-refractivity contribution is 0.305. The summed E-state index contributed by atoms with van der Waals surface area (Å²) in [5.74, 6) is 1.35. The summed E-state index contributed by atoms with van der Waals surface area (Å²) >= 11 is 0. The van der Waals surface area contributed by atoms with Gasteiger partial charge in [-0.25, -0.2) is 4.98 Å². The van der Waals surface area contributed by atoms with Crippen molar-refractivity contribution in [2.75, 3.05) is 32.3 Å². The van der Waals surface area contributed by atoms with E-state index in [1.807, 2.05) is 60.0 Å². The molecule has 160 valence electrons. The van der Waals surface area contributed by atoms with Crippen molar-refractivity contribution < 1.29 is 14.6 Å². The topological polar surface area (TPSA) is 85.5 Å². The highest BCUT2D eigenvalue weighted by atomic mass is 16.5. The van der Waals surface area contributed by atoms with Gasteiger partial charge in [0.2, 0.25) is 0 Å². The Hall–Kier alpha value is -3.65. The Morgan fingerprint density at radius 3 is 2.32 bits per heavy atom. The number of methoxy groups -OCH3 is 2. The Labute approximate surface area is 180 Å². The fraction of sp³-hybridized carbons (Fsp3) is 0.261. The van der Waals surface area contributed by atoms with Gasteiger partial charge in [-0.1, -0.05) is 0 Å². The number of aliphatic hydroxyl groups is 1. The van der Waals surface area contributed by atoms with E-state index in [0.29, 0.717) is 18.0 Å². The standard InChI is InChI=1S/C23H25N5O3/c1-15-20(13-25-27(15)2)23-14-24-21-6-5-16(11-22(21)26-23)28(7-8-29)17-9-18(30-3)12-19(10-17)31-4/h5-6,9-14,29H,7-8H2,1-4H3. The molecule has 0 unspecified atom stereocenters. The number of anilines is 2. The van der Waals surface area contributed by atoms with E-state index in [1.54, 1.807) is 26.6 Å². The monoisotopic (exact) mass is 419 g/mol. The lowest BCUT2D eigenvalue weighted by Gasteiger charge is -2.25. The van der Waals surface area contributed by atoms with Crippen LogP contribution >= 0.6 is 0 Å². The first-order valence-electron chi connectivity index (χ1n) is 9.91. The van der Waals surface area contributed by atoms with E-state index in [2.05, 4.69) is 10.1 Å². The van der Waals surface area contributed by atoms with Crippen LogP contribution in [0.1, 0.15) is 5.69 Å². The molecule has 0 radical (unpaired) electrons. The van der Waals surface area contributed by atoms with Gasteiger partial charge in [-0.2, -0.15) is 5.10 Å². The van der Waals surface area contributed by atoms with E-state index < -0.39 is 0 Å². The van der Waals surface area contributed by atoms with Crippen LogP contribution in [0.4, 0.5) is 11.4 Å². The van der Waals surface area contributed by atoms with Crippen molar-refractivity contribution in [1.29, 1.82) is 0 Å². The number of aliphatic hydroxyl groups excluding tert-OH is 1. The Kier molecular flexibility index (Phi) is 5.73. The molecule has 0 saturated heterocycles. The average Bonchev–Trinajstić information content (AvgIpc) is 3.14. The van der Waals surface area contributed by atoms with Gasteiger partial charge in [-0.15, -0.1) is 0 Å². The van der Waals surface area contributed by atoms with Gasteiger partial charge < -0.3 is 19.5 Å². The predicted octanol–water partition coefficient (Wildman–Crippen LogP) is 3.49. The molecular weight excluding hydrogens is 394 g/mol. The lowest BCUT2D eigenvalue weighted by atomic mass is 10.1. The van der Waals surface area contributed by atoms with Crippen molar-refractivity contribution >= 4 is 22.4 Å². The zero-order valence-corrected chi connectivity index (χ0v) is 18.0. The summed E-state index contributed by atoms with van der Waals surface area (Å²) in [4.78, 5) is 11.4. The minimum Gasteiger partial charge on any atom is -0.497 e. The third-order valence-corrected chi connectivity index (χ3v) is 5.32. The molecule has 0 aliphatic heterocycles. The Morgan fingerprint density at radius 2 is 1.71 bits per heavy atom. The van der Waals surface area contributed by atoms with E-state index in [4.69, 9.17) is 14.5 Å². The quantitative estimate of drug-likeness (QED) is 0.491. The van der Waals surface area contributed by atoms with Crippen LogP contribution in [0.25, 0.3) is 22.3 Å². The average molecular weight is 419 g/mol. The molecule has 0 amide bonds. The fourth-order valence-electron chi connectivity index (χ4n) is 3.50. The second kappa shape index (κ2) is 8.61. The number of benzene rings is 2. The number of hydrogen-bond donors (Lipinski definition) is 1. The van der Waals surface area contributed by atoms with E-state index >= 15 is 0 Å². The minimum absolute atomic E-state index is 0.0157. The molecule has 0 aliphatic carbocycles. The molecular formula is C23H25N5O3. The number of nitrogens with zero attached hydrogens (tertiary/aromatic N) is 5. The van der Waals surface area contributed by atoms with Crippen LogP contribution in [0.5, 0.6) is 11.5 Å². The van der Waals surface area contributed by atoms with Crippen molar-refractivity contribution in [2.45, 2.75) is 6.92 Å². The minimum atomic E-state index is -0.0157. The fourth-order valence-corrected chi connectivity index (χ4v) is 3.50. The van der Waals surface area contributed by atoms with Crippen LogP contribution in [-0.2, 0) is 7.05 Å². The van der Waals surface area contributed by atoms with Gasteiger partial charge in [0.1, 0.15) is 11.5 Å². The number of aryl methyl sites for hydroxylation is 1. The lowest BCUT2D eigenvalue weighted by Crippen LogP contribution is -2.21. The molecule has 0 aliphatic rings. The molecule has 0 atom stereocenters. The van der Waals surface area contributed by atoms with Crippen LogP contribution in [0.2, 0.25) is 0 Å². The van der Waals surface area contributed by atoms with Crippen LogP contribution in [0.15, 0.2) is 48.8 Å². The van der Waals surface area contributed by atoms with Gasteiger partial charge in [0.25, 0.3) is 0 Å². The molecule has 8 heteroatoms. The van der Waals surface area contributed by atoms with Gasteiger partial charge in [0.05, 0.1) is 49.9 Å². The summed E-state index contributed by atoms with van der Waals surface area (Å²) in [6.45, 7) is 2.39. The van der Waals surface area contributed by atoms with Gasteiger partial charge in [0.15, 0.2) is 0 Å². The SMILES string of the molecule is COc1cc(OC)cc(N(CCO)c2ccc3ncc(-c4cnn(C)c4C)nc3c2)c1. The second-order valence-electron chi connectivity index (χ2n) is 7.14. The molecule has 4 rings (SSSR count). The first kappa shape index (κ1) is 20.6. The molecule has 2 aromatic carbocycles. The highest BCUT2D eigenvalue weighted by molar-refractivity contribution is 5.83. The van der Waals surface area contributed by atoms with Gasteiger partial charge >= 0.3 is 0 Å². The summed E-state index contributed by atoms with van der Waals surface area (Å²) in [7, 11) is 5.13. The maximum atomic E-state index is 9.71. The van der Waals surface area contributed by atoms with E-state index in [1.165, 1.54) is 0 Å². The Morgan fingerprint density at radius 1 is 0.968 bits per heavy atom. The highest BCUT2D eigenvalue weighted by Gasteiger charge is 2.15. The number of hydrogen-bond acceptors (Lipinski definition) is 7. The number of rotatable bonds is 7. The zero-order chi connectivity index (χ0) is 22.0. The summed E-state index contributed by atoms with van der Waals surface area (Å²) in [6.07, 6.45) is 3.57. The Balaban J connectivity index is 1.80. The van der Waals surface area contributed by atoms with Crippen molar-refractivity contribution in [3.63, 3.8) is 0 Å². The summed E-state index contributed by atoms with van der Waals surface area (Å²) in [6, 6.07) is 11.5. The van der Waals surface area contributed by atoms with Gasteiger partial charge in [0, 0.05) is 54.4 Å². The van der Waals surface area contributed by atoms with Gasteiger partial charge in [-0.05, 0) is 25.1 Å². The van der Waals surface area contributed by atoms with Gasteiger partial charge in [-0.3, -0.25) is 9.67 Å². The summed E-state index contributed by atoms with van der Waals surface area (Å²) < 4.78 is 12.6.